The van der Waals surface area contributed by atoms with E-state index in [1.165, 1.54) is 0 Å². The first-order valence-electron chi connectivity index (χ1n) is 5.02. The van der Waals surface area contributed by atoms with E-state index in [-0.39, 0.29) is 5.63 Å². The molecular formula is C13H7BrO2S. The van der Waals surface area contributed by atoms with Crippen LogP contribution in [0, 0.1) is 0 Å². The molecule has 0 spiro atoms. The van der Waals surface area contributed by atoms with Crippen molar-refractivity contribution < 1.29 is 4.42 Å². The van der Waals surface area contributed by atoms with Crippen molar-refractivity contribution in [2.45, 2.75) is 0 Å². The fraction of sp³-hybridized carbons (Fsp3) is 0. The number of hydrogen-bond acceptors (Lipinski definition) is 3. The summed E-state index contributed by atoms with van der Waals surface area (Å²) in [6, 6.07) is 13.1. The van der Waals surface area contributed by atoms with Gasteiger partial charge in [-0.05, 0) is 34.1 Å². The molecule has 0 radical (unpaired) electrons. The maximum atomic E-state index is 11.5. The molecule has 0 fully saturated rings. The van der Waals surface area contributed by atoms with Crippen molar-refractivity contribution in [3.05, 3.63) is 56.7 Å². The SMILES string of the molecule is O=c1cc(-c2ccc(Br)s2)c2ccccc2o1. The molecule has 0 amide bonds. The minimum absolute atomic E-state index is 0.316. The first kappa shape index (κ1) is 10.7. The Morgan fingerprint density at radius 3 is 2.71 bits per heavy atom. The summed E-state index contributed by atoms with van der Waals surface area (Å²) in [5, 5.41) is 0.960. The van der Waals surface area contributed by atoms with Crippen LogP contribution < -0.4 is 5.63 Å². The molecule has 0 saturated heterocycles. The van der Waals surface area contributed by atoms with Gasteiger partial charge in [-0.2, -0.15) is 0 Å². The lowest BCUT2D eigenvalue weighted by atomic mass is 10.1. The highest BCUT2D eigenvalue weighted by molar-refractivity contribution is 9.11. The van der Waals surface area contributed by atoms with Crippen LogP contribution in [0.5, 0.6) is 0 Å². The van der Waals surface area contributed by atoms with Crippen LogP contribution in [0.2, 0.25) is 0 Å². The zero-order valence-corrected chi connectivity index (χ0v) is 11.0. The molecule has 0 unspecified atom stereocenters. The van der Waals surface area contributed by atoms with Crippen molar-refractivity contribution in [3.63, 3.8) is 0 Å². The summed E-state index contributed by atoms with van der Waals surface area (Å²) in [6.07, 6.45) is 0. The van der Waals surface area contributed by atoms with E-state index in [0.717, 1.165) is 19.6 Å². The van der Waals surface area contributed by atoms with Crippen molar-refractivity contribution in [1.82, 2.24) is 0 Å². The molecule has 0 saturated carbocycles. The van der Waals surface area contributed by atoms with Crippen LogP contribution >= 0.6 is 27.3 Å². The summed E-state index contributed by atoms with van der Waals surface area (Å²) in [7, 11) is 0. The standard InChI is InChI=1S/C13H7BrO2S/c14-12-6-5-11(17-12)9-7-13(15)16-10-4-2-1-3-8(9)10/h1-7H. The first-order valence-corrected chi connectivity index (χ1v) is 6.63. The van der Waals surface area contributed by atoms with Gasteiger partial charge in [0.1, 0.15) is 5.58 Å². The Hall–Kier alpha value is -1.39. The molecule has 3 aromatic rings. The van der Waals surface area contributed by atoms with E-state index in [1.54, 1.807) is 17.4 Å². The third kappa shape index (κ3) is 1.94. The summed E-state index contributed by atoms with van der Waals surface area (Å²) in [5.41, 5.74) is 1.23. The molecule has 2 heterocycles. The molecule has 84 valence electrons. The number of halogens is 1. The summed E-state index contributed by atoms with van der Waals surface area (Å²) >= 11 is 5.03. The van der Waals surface area contributed by atoms with Crippen molar-refractivity contribution in [2.24, 2.45) is 0 Å². The molecular weight excluding hydrogens is 300 g/mol. The van der Waals surface area contributed by atoms with Gasteiger partial charge < -0.3 is 4.42 Å². The van der Waals surface area contributed by atoms with Crippen LogP contribution in [0.4, 0.5) is 0 Å². The van der Waals surface area contributed by atoms with Gasteiger partial charge in [0.05, 0.1) is 3.79 Å². The molecule has 2 nitrogen and oxygen atoms in total. The van der Waals surface area contributed by atoms with Crippen molar-refractivity contribution >= 4 is 38.2 Å². The monoisotopic (exact) mass is 306 g/mol. The van der Waals surface area contributed by atoms with Crippen LogP contribution in [0.25, 0.3) is 21.4 Å². The average Bonchev–Trinajstić information content (AvgIpc) is 2.74. The van der Waals surface area contributed by atoms with E-state index in [9.17, 15) is 4.79 Å². The lowest BCUT2D eigenvalue weighted by Crippen LogP contribution is -1.97. The minimum Gasteiger partial charge on any atom is -0.423 e. The predicted octanol–water partition coefficient (Wildman–Crippen LogP) is 4.28. The lowest BCUT2D eigenvalue weighted by Gasteiger charge is -2.02. The van der Waals surface area contributed by atoms with Crippen LogP contribution in [-0.4, -0.2) is 0 Å². The number of benzene rings is 1. The van der Waals surface area contributed by atoms with Gasteiger partial charge in [-0.15, -0.1) is 11.3 Å². The topological polar surface area (TPSA) is 30.2 Å². The van der Waals surface area contributed by atoms with Crippen molar-refractivity contribution in [2.75, 3.05) is 0 Å². The van der Waals surface area contributed by atoms with Crippen molar-refractivity contribution in [1.29, 1.82) is 0 Å². The first-order chi connectivity index (χ1) is 8.24. The molecule has 0 aliphatic carbocycles. The highest BCUT2D eigenvalue weighted by Crippen LogP contribution is 2.34. The highest BCUT2D eigenvalue weighted by Gasteiger charge is 2.08. The zero-order chi connectivity index (χ0) is 11.8. The largest absolute Gasteiger partial charge is 0.423 e. The van der Waals surface area contributed by atoms with E-state index >= 15 is 0 Å². The van der Waals surface area contributed by atoms with Gasteiger partial charge in [0, 0.05) is 21.9 Å². The molecule has 3 rings (SSSR count). The molecule has 0 N–H and O–H groups in total. The third-order valence-electron chi connectivity index (χ3n) is 2.49. The Kier molecular flexibility index (Phi) is 2.61. The third-order valence-corrected chi connectivity index (χ3v) is 4.15. The molecule has 4 heteroatoms. The maximum Gasteiger partial charge on any atom is 0.336 e. The molecule has 1 aromatic carbocycles. The fourth-order valence-corrected chi connectivity index (χ4v) is 3.19. The van der Waals surface area contributed by atoms with Crippen LogP contribution in [0.15, 0.2) is 55.5 Å². The quantitative estimate of drug-likeness (QED) is 0.628. The van der Waals surface area contributed by atoms with Gasteiger partial charge in [0.15, 0.2) is 0 Å². The van der Waals surface area contributed by atoms with E-state index in [4.69, 9.17) is 4.42 Å². The molecule has 0 aliphatic heterocycles. The Morgan fingerprint density at radius 1 is 1.12 bits per heavy atom. The van der Waals surface area contributed by atoms with Gasteiger partial charge in [0.2, 0.25) is 0 Å². The van der Waals surface area contributed by atoms with Crippen LogP contribution in [0.1, 0.15) is 0 Å². The van der Waals surface area contributed by atoms with Gasteiger partial charge in [0.25, 0.3) is 0 Å². The summed E-state index contributed by atoms with van der Waals surface area (Å²) in [6.45, 7) is 0. The Labute approximate surface area is 110 Å². The summed E-state index contributed by atoms with van der Waals surface area (Å²) in [4.78, 5) is 12.6. The Morgan fingerprint density at radius 2 is 1.94 bits per heavy atom. The Balaban J connectivity index is 2.39. The van der Waals surface area contributed by atoms with Gasteiger partial charge in [-0.25, -0.2) is 4.79 Å². The summed E-state index contributed by atoms with van der Waals surface area (Å²) < 4.78 is 6.21. The normalized spacial score (nSPS) is 10.9. The number of hydrogen-bond donors (Lipinski definition) is 0. The number of thiophene rings is 1. The van der Waals surface area contributed by atoms with Gasteiger partial charge >= 0.3 is 5.63 Å². The molecule has 0 bridgehead atoms. The zero-order valence-electron chi connectivity index (χ0n) is 8.64. The molecule has 0 atom stereocenters. The van der Waals surface area contributed by atoms with Gasteiger partial charge in [-0.3, -0.25) is 0 Å². The van der Waals surface area contributed by atoms with E-state index in [2.05, 4.69) is 15.9 Å². The van der Waals surface area contributed by atoms with E-state index in [1.807, 2.05) is 36.4 Å². The van der Waals surface area contributed by atoms with Crippen molar-refractivity contribution in [3.8, 4) is 10.4 Å². The van der Waals surface area contributed by atoms with E-state index < -0.39 is 0 Å². The number of fused-ring (bicyclic) bond motifs is 1. The minimum atomic E-state index is -0.316. The van der Waals surface area contributed by atoms with E-state index in [0.29, 0.717) is 5.58 Å². The molecule has 17 heavy (non-hydrogen) atoms. The highest BCUT2D eigenvalue weighted by atomic mass is 79.9. The second kappa shape index (κ2) is 4.13. The Bertz CT molecular complexity index is 742. The number of para-hydroxylation sites is 1. The average molecular weight is 307 g/mol. The fourth-order valence-electron chi connectivity index (χ4n) is 1.77. The maximum absolute atomic E-state index is 11.5. The second-order valence-electron chi connectivity index (χ2n) is 3.58. The lowest BCUT2D eigenvalue weighted by molar-refractivity contribution is 0.561. The molecule has 2 aromatic heterocycles. The predicted molar refractivity (Wildman–Crippen MR) is 73.5 cm³/mol. The van der Waals surface area contributed by atoms with Gasteiger partial charge in [-0.1, -0.05) is 18.2 Å². The second-order valence-corrected chi connectivity index (χ2v) is 6.04. The smallest absolute Gasteiger partial charge is 0.336 e. The molecule has 0 aliphatic rings. The summed E-state index contributed by atoms with van der Waals surface area (Å²) in [5.74, 6) is 0. The van der Waals surface area contributed by atoms with Crippen LogP contribution in [0.3, 0.4) is 0 Å². The van der Waals surface area contributed by atoms with Crippen LogP contribution in [-0.2, 0) is 0 Å². The number of rotatable bonds is 1.